The lowest BCUT2D eigenvalue weighted by Crippen LogP contribution is -2.34. The Morgan fingerprint density at radius 2 is 2.08 bits per heavy atom. The summed E-state index contributed by atoms with van der Waals surface area (Å²) in [7, 11) is 0. The van der Waals surface area contributed by atoms with Crippen molar-refractivity contribution in [1.82, 2.24) is 15.1 Å². The Hall–Kier alpha value is -2.89. The summed E-state index contributed by atoms with van der Waals surface area (Å²) in [6, 6.07) is 10.0. The van der Waals surface area contributed by atoms with E-state index in [0.29, 0.717) is 23.4 Å². The zero-order valence-corrected chi connectivity index (χ0v) is 14.3. The second-order valence-corrected chi connectivity index (χ2v) is 6.52. The number of furan rings is 1. The molecule has 5 nitrogen and oxygen atoms in total. The zero-order chi connectivity index (χ0) is 17.9. The van der Waals surface area contributed by atoms with Crippen LogP contribution in [0.2, 0.25) is 0 Å². The van der Waals surface area contributed by atoms with E-state index in [-0.39, 0.29) is 17.8 Å². The van der Waals surface area contributed by atoms with Gasteiger partial charge in [0.15, 0.2) is 0 Å². The van der Waals surface area contributed by atoms with E-state index in [0.717, 1.165) is 31.4 Å². The number of hydrogen-bond donors (Lipinski definition) is 1. The highest BCUT2D eigenvalue weighted by Gasteiger charge is 2.31. The van der Waals surface area contributed by atoms with Gasteiger partial charge in [0, 0.05) is 12.1 Å². The fourth-order valence-corrected chi connectivity index (χ4v) is 3.60. The number of likely N-dealkylation sites (tertiary alicyclic amines) is 1. The maximum atomic E-state index is 14.2. The molecule has 1 amide bonds. The van der Waals surface area contributed by atoms with Crippen LogP contribution >= 0.6 is 0 Å². The lowest BCUT2D eigenvalue weighted by atomic mass is 10.0. The largest absolute Gasteiger partial charge is 0.467 e. The van der Waals surface area contributed by atoms with Crippen LogP contribution in [0.5, 0.6) is 0 Å². The maximum absolute atomic E-state index is 14.2. The van der Waals surface area contributed by atoms with Crippen LogP contribution in [0.15, 0.2) is 53.3 Å². The molecule has 2 aromatic heterocycles. The van der Waals surface area contributed by atoms with E-state index in [1.54, 1.807) is 24.5 Å². The lowest BCUT2D eigenvalue weighted by molar-refractivity contribution is 0.0659. The van der Waals surface area contributed by atoms with Crippen LogP contribution < -0.4 is 0 Å². The molecule has 0 aliphatic carbocycles. The predicted octanol–water partition coefficient (Wildman–Crippen LogP) is 4.57. The molecular weight excluding hydrogens is 333 g/mol. The summed E-state index contributed by atoms with van der Waals surface area (Å²) in [5.41, 5.74) is 1.14. The molecule has 4 rings (SSSR count). The molecule has 0 spiro atoms. The second-order valence-electron chi connectivity index (χ2n) is 6.52. The SMILES string of the molecule is O=C(c1cn[nH]c1-c1ccccc1F)N1CCCCCC1c1ccco1. The van der Waals surface area contributed by atoms with E-state index >= 15 is 0 Å². The van der Waals surface area contributed by atoms with Gasteiger partial charge in [0.05, 0.1) is 29.8 Å². The Kier molecular flexibility index (Phi) is 4.56. The van der Waals surface area contributed by atoms with Gasteiger partial charge in [0.2, 0.25) is 0 Å². The highest BCUT2D eigenvalue weighted by Crippen LogP contribution is 2.33. The first-order valence-electron chi connectivity index (χ1n) is 8.88. The molecule has 1 aliphatic rings. The number of aromatic amines is 1. The third-order valence-electron chi connectivity index (χ3n) is 4.90. The van der Waals surface area contributed by atoms with Gasteiger partial charge in [-0.3, -0.25) is 9.89 Å². The van der Waals surface area contributed by atoms with Crippen molar-refractivity contribution in [2.45, 2.75) is 31.7 Å². The molecule has 26 heavy (non-hydrogen) atoms. The first kappa shape index (κ1) is 16.6. The van der Waals surface area contributed by atoms with Gasteiger partial charge in [-0.25, -0.2) is 4.39 Å². The molecule has 1 unspecified atom stereocenters. The van der Waals surface area contributed by atoms with Crippen molar-refractivity contribution >= 4 is 5.91 Å². The van der Waals surface area contributed by atoms with Crippen molar-refractivity contribution in [3.05, 3.63) is 66.0 Å². The second kappa shape index (κ2) is 7.15. The van der Waals surface area contributed by atoms with Crippen LogP contribution in [-0.4, -0.2) is 27.5 Å². The Balaban J connectivity index is 1.71. The van der Waals surface area contributed by atoms with Crippen molar-refractivity contribution in [2.24, 2.45) is 0 Å². The van der Waals surface area contributed by atoms with Gasteiger partial charge in [-0.05, 0) is 37.1 Å². The minimum absolute atomic E-state index is 0.108. The van der Waals surface area contributed by atoms with Gasteiger partial charge in [-0.1, -0.05) is 25.0 Å². The van der Waals surface area contributed by atoms with E-state index < -0.39 is 0 Å². The molecule has 1 aromatic carbocycles. The lowest BCUT2D eigenvalue weighted by Gasteiger charge is -2.28. The highest BCUT2D eigenvalue weighted by atomic mass is 19.1. The summed E-state index contributed by atoms with van der Waals surface area (Å²) >= 11 is 0. The van der Waals surface area contributed by atoms with E-state index in [1.807, 2.05) is 17.0 Å². The molecule has 0 saturated carbocycles. The number of nitrogens with zero attached hydrogens (tertiary/aromatic N) is 2. The van der Waals surface area contributed by atoms with Crippen LogP contribution in [0.3, 0.4) is 0 Å². The molecule has 0 bridgehead atoms. The average molecular weight is 353 g/mol. The minimum atomic E-state index is -0.385. The average Bonchev–Trinajstić information content (AvgIpc) is 3.29. The summed E-state index contributed by atoms with van der Waals surface area (Å²) in [6.07, 6.45) is 7.02. The fraction of sp³-hybridized carbons (Fsp3) is 0.300. The Morgan fingerprint density at radius 3 is 2.88 bits per heavy atom. The summed E-state index contributed by atoms with van der Waals surface area (Å²) in [5, 5.41) is 6.79. The van der Waals surface area contributed by atoms with Gasteiger partial charge < -0.3 is 9.32 Å². The fourth-order valence-electron chi connectivity index (χ4n) is 3.60. The van der Waals surface area contributed by atoms with Gasteiger partial charge in [0.1, 0.15) is 11.6 Å². The number of carbonyl (C=O) groups is 1. The van der Waals surface area contributed by atoms with E-state index in [4.69, 9.17) is 4.42 Å². The van der Waals surface area contributed by atoms with Crippen LogP contribution in [0.25, 0.3) is 11.3 Å². The molecule has 134 valence electrons. The number of amides is 1. The Labute approximate surface area is 150 Å². The standard InChI is InChI=1S/C20H20FN3O2/c21-16-8-4-3-7-14(16)19-15(13-22-23-19)20(25)24-11-5-1-2-9-17(24)18-10-6-12-26-18/h3-4,6-8,10,12-13,17H,1-2,5,9,11H2,(H,22,23). The van der Waals surface area contributed by atoms with Gasteiger partial charge in [-0.2, -0.15) is 5.10 Å². The number of halogens is 1. The number of benzene rings is 1. The minimum Gasteiger partial charge on any atom is -0.467 e. The van der Waals surface area contributed by atoms with Gasteiger partial charge in [0.25, 0.3) is 5.91 Å². The summed E-state index contributed by atoms with van der Waals surface area (Å²) in [6.45, 7) is 0.645. The molecule has 1 atom stereocenters. The smallest absolute Gasteiger partial charge is 0.258 e. The summed E-state index contributed by atoms with van der Waals surface area (Å²) in [4.78, 5) is 15.2. The van der Waals surface area contributed by atoms with E-state index in [1.165, 1.54) is 12.3 Å². The van der Waals surface area contributed by atoms with Gasteiger partial charge >= 0.3 is 0 Å². The number of nitrogens with one attached hydrogen (secondary N) is 1. The van der Waals surface area contributed by atoms with Crippen molar-refractivity contribution in [1.29, 1.82) is 0 Å². The molecule has 6 heteroatoms. The first-order chi connectivity index (χ1) is 12.8. The number of H-pyrrole nitrogens is 1. The van der Waals surface area contributed by atoms with Gasteiger partial charge in [-0.15, -0.1) is 0 Å². The molecule has 3 heterocycles. The topological polar surface area (TPSA) is 62.1 Å². The zero-order valence-electron chi connectivity index (χ0n) is 14.3. The molecule has 1 aliphatic heterocycles. The molecule has 0 radical (unpaired) electrons. The quantitative estimate of drug-likeness (QED) is 0.750. The normalized spacial score (nSPS) is 17.9. The summed E-state index contributed by atoms with van der Waals surface area (Å²) in [5.74, 6) is 0.251. The van der Waals surface area contributed by atoms with Crippen molar-refractivity contribution in [2.75, 3.05) is 6.54 Å². The molecule has 3 aromatic rings. The molecule has 1 fully saturated rings. The Morgan fingerprint density at radius 1 is 1.19 bits per heavy atom. The highest BCUT2D eigenvalue weighted by molar-refractivity contribution is 6.00. The first-order valence-corrected chi connectivity index (χ1v) is 8.88. The van der Waals surface area contributed by atoms with E-state index in [2.05, 4.69) is 10.2 Å². The van der Waals surface area contributed by atoms with E-state index in [9.17, 15) is 9.18 Å². The van der Waals surface area contributed by atoms with Crippen LogP contribution in [0.4, 0.5) is 4.39 Å². The van der Waals surface area contributed by atoms with Crippen molar-refractivity contribution in [3.8, 4) is 11.3 Å². The van der Waals surface area contributed by atoms with Crippen LogP contribution in [0.1, 0.15) is 47.8 Å². The number of rotatable bonds is 3. The third-order valence-corrected chi connectivity index (χ3v) is 4.90. The number of carbonyl (C=O) groups excluding carboxylic acids is 1. The monoisotopic (exact) mass is 353 g/mol. The predicted molar refractivity (Wildman–Crippen MR) is 94.9 cm³/mol. The van der Waals surface area contributed by atoms with Crippen LogP contribution in [-0.2, 0) is 0 Å². The number of aromatic nitrogens is 2. The molecular formula is C20H20FN3O2. The Bertz CT molecular complexity index is 888. The van der Waals surface area contributed by atoms with Crippen molar-refractivity contribution < 1.29 is 13.6 Å². The molecule has 1 N–H and O–H groups in total. The number of hydrogen-bond acceptors (Lipinski definition) is 3. The van der Waals surface area contributed by atoms with Crippen LogP contribution in [0, 0.1) is 5.82 Å². The maximum Gasteiger partial charge on any atom is 0.258 e. The third kappa shape index (κ3) is 3.03. The van der Waals surface area contributed by atoms with Crippen molar-refractivity contribution in [3.63, 3.8) is 0 Å². The molecule has 1 saturated heterocycles. The summed E-state index contributed by atoms with van der Waals surface area (Å²) < 4.78 is 19.8.